The molecule has 21 heavy (non-hydrogen) atoms. The van der Waals surface area contributed by atoms with Crippen LogP contribution in [-0.2, 0) is 0 Å². The monoisotopic (exact) mass is 295 g/mol. The van der Waals surface area contributed by atoms with Crippen LogP contribution in [0.2, 0.25) is 0 Å². The van der Waals surface area contributed by atoms with E-state index in [1.165, 1.54) is 63.5 Å². The third-order valence-electron chi connectivity index (χ3n) is 4.83. The van der Waals surface area contributed by atoms with E-state index in [1.807, 2.05) is 0 Å². The van der Waals surface area contributed by atoms with Gasteiger partial charge in [0, 0.05) is 12.2 Å². The lowest BCUT2D eigenvalue weighted by atomic mass is 9.90. The van der Waals surface area contributed by atoms with Crippen LogP contribution in [0.1, 0.15) is 92.4 Å². The molecule has 0 spiro atoms. The Bertz CT molecular complexity index is 244. The van der Waals surface area contributed by atoms with Gasteiger partial charge in [-0.1, -0.05) is 99.0 Å². The molecule has 0 rings (SSSR count). The summed E-state index contributed by atoms with van der Waals surface area (Å²) >= 11 is 0. The lowest BCUT2D eigenvalue weighted by Gasteiger charge is -2.22. The molecule has 126 valence electrons. The van der Waals surface area contributed by atoms with Gasteiger partial charge in [0.15, 0.2) is 0 Å². The maximum Gasteiger partial charge on any atom is 0.0172 e. The SMILES string of the molecule is C=C(NCC(C)C(C)CCCCCCCCCC)C(C)C. The Hall–Kier alpha value is -0.460. The molecule has 0 aliphatic rings. The van der Waals surface area contributed by atoms with Crippen LogP contribution in [0.15, 0.2) is 12.3 Å². The van der Waals surface area contributed by atoms with Crippen LogP contribution in [0, 0.1) is 17.8 Å². The van der Waals surface area contributed by atoms with Crippen LogP contribution in [0.25, 0.3) is 0 Å². The summed E-state index contributed by atoms with van der Waals surface area (Å²) in [6.07, 6.45) is 12.8. The molecule has 0 aliphatic carbocycles. The highest BCUT2D eigenvalue weighted by atomic mass is 14.9. The molecule has 0 amide bonds. The number of unbranched alkanes of at least 4 members (excludes halogenated alkanes) is 7. The van der Waals surface area contributed by atoms with Gasteiger partial charge in [0.25, 0.3) is 0 Å². The summed E-state index contributed by atoms with van der Waals surface area (Å²) in [6, 6.07) is 0. The van der Waals surface area contributed by atoms with E-state index in [4.69, 9.17) is 0 Å². The van der Waals surface area contributed by atoms with Crippen molar-refractivity contribution in [2.24, 2.45) is 17.8 Å². The zero-order valence-electron chi connectivity index (χ0n) is 15.5. The van der Waals surface area contributed by atoms with Crippen LogP contribution in [0.5, 0.6) is 0 Å². The van der Waals surface area contributed by atoms with Gasteiger partial charge in [-0.2, -0.15) is 0 Å². The van der Waals surface area contributed by atoms with Gasteiger partial charge in [0.05, 0.1) is 0 Å². The maximum atomic E-state index is 4.09. The van der Waals surface area contributed by atoms with E-state index in [0.29, 0.717) is 5.92 Å². The lowest BCUT2D eigenvalue weighted by Crippen LogP contribution is -2.26. The van der Waals surface area contributed by atoms with Crippen molar-refractivity contribution in [3.63, 3.8) is 0 Å². The first-order valence-corrected chi connectivity index (χ1v) is 9.41. The van der Waals surface area contributed by atoms with Crippen LogP contribution in [0.4, 0.5) is 0 Å². The topological polar surface area (TPSA) is 12.0 Å². The molecule has 0 radical (unpaired) electrons. The summed E-state index contributed by atoms with van der Waals surface area (Å²) < 4.78 is 0. The molecule has 0 bridgehead atoms. The Balaban J connectivity index is 3.51. The third-order valence-corrected chi connectivity index (χ3v) is 4.83. The normalized spacial score (nSPS) is 14.2. The molecule has 0 saturated heterocycles. The van der Waals surface area contributed by atoms with Crippen LogP contribution < -0.4 is 5.32 Å². The molecular weight excluding hydrogens is 254 g/mol. The van der Waals surface area contributed by atoms with Gasteiger partial charge in [-0.25, -0.2) is 0 Å². The van der Waals surface area contributed by atoms with Gasteiger partial charge >= 0.3 is 0 Å². The summed E-state index contributed by atoms with van der Waals surface area (Å²) in [7, 11) is 0. The van der Waals surface area contributed by atoms with Gasteiger partial charge in [0.2, 0.25) is 0 Å². The molecule has 2 unspecified atom stereocenters. The van der Waals surface area contributed by atoms with Crippen LogP contribution in [-0.4, -0.2) is 6.54 Å². The Morgan fingerprint density at radius 1 is 0.810 bits per heavy atom. The van der Waals surface area contributed by atoms with Crippen molar-refractivity contribution in [3.8, 4) is 0 Å². The second kappa shape index (κ2) is 13.2. The van der Waals surface area contributed by atoms with Crippen LogP contribution >= 0.6 is 0 Å². The Kier molecular flexibility index (Phi) is 12.9. The first-order valence-electron chi connectivity index (χ1n) is 9.41. The largest absolute Gasteiger partial charge is 0.388 e. The standard InChI is InChI=1S/C20H41N/c1-7-8-9-10-11-12-13-14-15-18(4)19(5)16-21-20(6)17(2)3/h17-19,21H,6-16H2,1-5H3. The Labute approximate surface area is 135 Å². The fourth-order valence-electron chi connectivity index (χ4n) is 2.58. The molecule has 0 fully saturated rings. The van der Waals surface area contributed by atoms with E-state index in [1.54, 1.807) is 0 Å². The average molecular weight is 296 g/mol. The van der Waals surface area contributed by atoms with Gasteiger partial charge in [0.1, 0.15) is 0 Å². The molecular formula is C20H41N. The van der Waals surface area contributed by atoms with Gasteiger partial charge < -0.3 is 5.32 Å². The first kappa shape index (κ1) is 20.5. The Morgan fingerprint density at radius 2 is 1.33 bits per heavy atom. The molecule has 1 nitrogen and oxygen atoms in total. The summed E-state index contributed by atoms with van der Waals surface area (Å²) in [5, 5.41) is 3.50. The lowest BCUT2D eigenvalue weighted by molar-refractivity contribution is 0.340. The number of allylic oxidation sites excluding steroid dienone is 1. The molecule has 0 aliphatic heterocycles. The molecule has 0 saturated carbocycles. The van der Waals surface area contributed by atoms with E-state index in [0.717, 1.165) is 18.4 Å². The zero-order chi connectivity index (χ0) is 16.1. The number of nitrogens with one attached hydrogen (secondary N) is 1. The van der Waals surface area contributed by atoms with E-state index in [9.17, 15) is 0 Å². The third kappa shape index (κ3) is 11.8. The van der Waals surface area contributed by atoms with Crippen molar-refractivity contribution in [2.45, 2.75) is 92.4 Å². The highest BCUT2D eigenvalue weighted by Gasteiger charge is 2.12. The van der Waals surface area contributed by atoms with E-state index >= 15 is 0 Å². The summed E-state index contributed by atoms with van der Waals surface area (Å²) in [4.78, 5) is 0. The minimum absolute atomic E-state index is 0.542. The van der Waals surface area contributed by atoms with Gasteiger partial charge in [-0.05, 0) is 17.8 Å². The van der Waals surface area contributed by atoms with Crippen molar-refractivity contribution in [3.05, 3.63) is 12.3 Å². The molecule has 1 N–H and O–H groups in total. The molecule has 0 aromatic heterocycles. The minimum Gasteiger partial charge on any atom is -0.388 e. The Morgan fingerprint density at radius 3 is 1.86 bits per heavy atom. The zero-order valence-corrected chi connectivity index (χ0v) is 15.5. The quantitative estimate of drug-likeness (QED) is 0.358. The minimum atomic E-state index is 0.542. The van der Waals surface area contributed by atoms with Gasteiger partial charge in [-0.3, -0.25) is 0 Å². The van der Waals surface area contributed by atoms with Crippen molar-refractivity contribution in [2.75, 3.05) is 6.54 Å². The van der Waals surface area contributed by atoms with E-state index in [-0.39, 0.29) is 0 Å². The molecule has 2 atom stereocenters. The van der Waals surface area contributed by atoms with Crippen molar-refractivity contribution >= 4 is 0 Å². The molecule has 0 heterocycles. The number of hydrogen-bond donors (Lipinski definition) is 1. The molecule has 0 aromatic carbocycles. The average Bonchev–Trinajstić information content (AvgIpc) is 2.46. The highest BCUT2D eigenvalue weighted by molar-refractivity contribution is 4.94. The smallest absolute Gasteiger partial charge is 0.0172 e. The summed E-state index contributed by atoms with van der Waals surface area (Å²) in [6.45, 7) is 16.6. The summed E-state index contributed by atoms with van der Waals surface area (Å²) in [5.74, 6) is 2.10. The van der Waals surface area contributed by atoms with Crippen LogP contribution in [0.3, 0.4) is 0 Å². The second-order valence-corrected chi connectivity index (χ2v) is 7.28. The fraction of sp³-hybridized carbons (Fsp3) is 0.900. The van der Waals surface area contributed by atoms with E-state index < -0.39 is 0 Å². The number of hydrogen-bond acceptors (Lipinski definition) is 1. The predicted octanol–water partition coefficient (Wildman–Crippen LogP) is 6.55. The van der Waals surface area contributed by atoms with Crippen molar-refractivity contribution in [1.82, 2.24) is 5.32 Å². The van der Waals surface area contributed by atoms with Crippen molar-refractivity contribution in [1.29, 1.82) is 0 Å². The van der Waals surface area contributed by atoms with Gasteiger partial charge in [-0.15, -0.1) is 0 Å². The second-order valence-electron chi connectivity index (χ2n) is 7.28. The maximum absolute atomic E-state index is 4.09. The highest BCUT2D eigenvalue weighted by Crippen LogP contribution is 2.19. The fourth-order valence-corrected chi connectivity index (χ4v) is 2.58. The van der Waals surface area contributed by atoms with Crippen molar-refractivity contribution < 1.29 is 0 Å². The molecule has 1 heteroatoms. The molecule has 0 aromatic rings. The van der Waals surface area contributed by atoms with E-state index in [2.05, 4.69) is 46.5 Å². The predicted molar refractivity (Wildman–Crippen MR) is 97.5 cm³/mol. The number of rotatable bonds is 14. The first-order chi connectivity index (χ1) is 9.99. The summed E-state index contributed by atoms with van der Waals surface area (Å²) in [5.41, 5.74) is 1.18.